The lowest BCUT2D eigenvalue weighted by Crippen LogP contribution is -2.46. The van der Waals surface area contributed by atoms with Gasteiger partial charge in [0.2, 0.25) is 5.95 Å². The number of urea groups is 1. The molecule has 2 aromatic carbocycles. The smallest absolute Gasteiger partial charge is 0.330 e. The molecule has 1 saturated heterocycles. The fourth-order valence-electron chi connectivity index (χ4n) is 4.73. The van der Waals surface area contributed by atoms with Crippen molar-refractivity contribution in [3.63, 3.8) is 0 Å². The van der Waals surface area contributed by atoms with Crippen LogP contribution >= 0.6 is 0 Å². The number of hydrogen-bond acceptors (Lipinski definition) is 6. The third kappa shape index (κ3) is 4.17. The van der Waals surface area contributed by atoms with Crippen LogP contribution in [-0.4, -0.2) is 61.2 Å². The summed E-state index contributed by atoms with van der Waals surface area (Å²) >= 11 is 0. The van der Waals surface area contributed by atoms with E-state index in [0.29, 0.717) is 18.3 Å². The summed E-state index contributed by atoms with van der Waals surface area (Å²) in [6, 6.07) is 14.3. The topological polar surface area (TPSA) is 67.8 Å². The Bertz CT molecular complexity index is 1180. The molecule has 1 fully saturated rings. The van der Waals surface area contributed by atoms with E-state index in [2.05, 4.69) is 44.3 Å². The first-order valence-electron chi connectivity index (χ1n) is 11.7. The largest absolute Gasteiger partial charge is 0.369 e. The van der Waals surface area contributed by atoms with Gasteiger partial charge in [-0.3, -0.25) is 9.80 Å². The highest BCUT2D eigenvalue weighted by molar-refractivity contribution is 6.05. The summed E-state index contributed by atoms with van der Waals surface area (Å²) in [7, 11) is 3.93. The first-order chi connectivity index (χ1) is 16.4. The zero-order valence-corrected chi connectivity index (χ0v) is 20.2. The minimum absolute atomic E-state index is 0.0916. The molecule has 3 heterocycles. The van der Waals surface area contributed by atoms with Crippen LogP contribution < -0.4 is 20.0 Å². The van der Waals surface area contributed by atoms with Gasteiger partial charge >= 0.3 is 6.03 Å². The number of nitrogens with one attached hydrogen (secondary N) is 1. The monoisotopic (exact) mass is 457 g/mol. The number of likely N-dealkylation sites (N-methyl/N-ethyl adjacent to an activating group) is 1. The SMILES string of the molecule is Cc1cccc(C)c1N1Cc2cnc(Nc3ccc(N4CCN(C)CC4)cc3)nc2N(C)C1=O. The van der Waals surface area contributed by atoms with Crippen molar-refractivity contribution >= 4 is 34.9 Å². The van der Waals surface area contributed by atoms with Gasteiger partial charge in [0.1, 0.15) is 5.82 Å². The first kappa shape index (κ1) is 22.2. The number of aromatic nitrogens is 2. The van der Waals surface area contributed by atoms with E-state index in [0.717, 1.165) is 54.2 Å². The second kappa shape index (κ2) is 8.95. The molecule has 2 aliphatic heterocycles. The third-order valence-electron chi connectivity index (χ3n) is 6.71. The van der Waals surface area contributed by atoms with E-state index < -0.39 is 0 Å². The predicted octanol–water partition coefficient (Wildman–Crippen LogP) is 4.17. The minimum atomic E-state index is -0.0916. The lowest BCUT2D eigenvalue weighted by molar-refractivity contribution is 0.251. The normalized spacial score (nSPS) is 16.6. The number of rotatable bonds is 4. The maximum Gasteiger partial charge on any atom is 0.330 e. The summed E-state index contributed by atoms with van der Waals surface area (Å²) in [5.74, 6) is 1.12. The van der Waals surface area contributed by atoms with Gasteiger partial charge in [-0.15, -0.1) is 0 Å². The van der Waals surface area contributed by atoms with Crippen LogP contribution in [0.4, 0.5) is 33.6 Å². The van der Waals surface area contributed by atoms with Gasteiger partial charge in [0.25, 0.3) is 0 Å². The molecule has 8 nitrogen and oxygen atoms in total. The van der Waals surface area contributed by atoms with Gasteiger partial charge in [-0.2, -0.15) is 4.98 Å². The van der Waals surface area contributed by atoms with Crippen molar-refractivity contribution in [1.29, 1.82) is 0 Å². The molecule has 1 N–H and O–H groups in total. The summed E-state index contributed by atoms with van der Waals surface area (Å²) < 4.78 is 0. The lowest BCUT2D eigenvalue weighted by atomic mass is 10.1. The van der Waals surface area contributed by atoms with Gasteiger partial charge in [-0.05, 0) is 56.3 Å². The van der Waals surface area contributed by atoms with Crippen LogP contribution in [0.25, 0.3) is 0 Å². The van der Waals surface area contributed by atoms with E-state index in [1.165, 1.54) is 5.69 Å². The molecule has 0 radical (unpaired) electrons. The van der Waals surface area contributed by atoms with Crippen LogP contribution in [-0.2, 0) is 6.54 Å². The molecule has 8 heteroatoms. The number of piperazine rings is 1. The van der Waals surface area contributed by atoms with E-state index in [1.807, 2.05) is 50.4 Å². The number of hydrogen-bond donors (Lipinski definition) is 1. The Morgan fingerprint density at radius 1 is 0.912 bits per heavy atom. The van der Waals surface area contributed by atoms with Crippen LogP contribution in [0.1, 0.15) is 16.7 Å². The Hall–Kier alpha value is -3.65. The Balaban J connectivity index is 1.33. The van der Waals surface area contributed by atoms with Gasteiger partial charge in [-0.25, -0.2) is 9.78 Å². The molecule has 34 heavy (non-hydrogen) atoms. The molecule has 1 aromatic heterocycles. The number of amides is 2. The average Bonchev–Trinajstić information content (AvgIpc) is 2.83. The van der Waals surface area contributed by atoms with E-state index in [9.17, 15) is 4.79 Å². The van der Waals surface area contributed by atoms with E-state index >= 15 is 0 Å². The molecule has 0 unspecified atom stereocenters. The van der Waals surface area contributed by atoms with Crippen molar-refractivity contribution in [1.82, 2.24) is 14.9 Å². The van der Waals surface area contributed by atoms with E-state index in [1.54, 1.807) is 16.8 Å². The molecular weight excluding hydrogens is 426 g/mol. The summed E-state index contributed by atoms with van der Waals surface area (Å²) in [5, 5.41) is 3.29. The van der Waals surface area contributed by atoms with Crippen molar-refractivity contribution in [2.24, 2.45) is 0 Å². The Labute approximate surface area is 200 Å². The molecule has 0 atom stereocenters. The lowest BCUT2D eigenvalue weighted by Gasteiger charge is -2.35. The van der Waals surface area contributed by atoms with Gasteiger partial charge in [0, 0.05) is 56.4 Å². The minimum Gasteiger partial charge on any atom is -0.369 e. The highest BCUT2D eigenvalue weighted by Gasteiger charge is 2.32. The molecule has 0 aliphatic carbocycles. The number of carbonyl (C=O) groups is 1. The Morgan fingerprint density at radius 3 is 2.26 bits per heavy atom. The van der Waals surface area contributed by atoms with Crippen LogP contribution in [0, 0.1) is 13.8 Å². The van der Waals surface area contributed by atoms with Crippen molar-refractivity contribution in [3.05, 3.63) is 65.4 Å². The fraction of sp³-hybridized carbons (Fsp3) is 0.346. The molecule has 176 valence electrons. The average molecular weight is 458 g/mol. The van der Waals surface area contributed by atoms with Crippen molar-refractivity contribution in [2.75, 3.05) is 60.3 Å². The number of fused-ring (bicyclic) bond motifs is 1. The number of benzene rings is 2. The fourth-order valence-corrected chi connectivity index (χ4v) is 4.73. The summed E-state index contributed by atoms with van der Waals surface area (Å²) in [5.41, 5.74) is 6.16. The molecular formula is C26H31N7O. The molecule has 2 aliphatic rings. The molecule has 0 bridgehead atoms. The second-order valence-corrected chi connectivity index (χ2v) is 9.17. The van der Waals surface area contributed by atoms with Crippen LogP contribution in [0.15, 0.2) is 48.7 Å². The number of nitrogens with zero attached hydrogens (tertiary/aromatic N) is 6. The zero-order valence-electron chi connectivity index (χ0n) is 20.2. The predicted molar refractivity (Wildman–Crippen MR) is 137 cm³/mol. The maximum absolute atomic E-state index is 13.2. The van der Waals surface area contributed by atoms with E-state index in [4.69, 9.17) is 0 Å². The number of carbonyl (C=O) groups excluding carboxylic acids is 1. The standard InChI is InChI=1S/C26H31N7O/c1-18-6-5-7-19(2)23(18)33-17-20-16-27-25(29-24(20)31(4)26(33)34)28-21-8-10-22(11-9-21)32-14-12-30(3)13-15-32/h5-11,16H,12-15,17H2,1-4H3,(H,27,28,29). The highest BCUT2D eigenvalue weighted by atomic mass is 16.2. The first-order valence-corrected chi connectivity index (χ1v) is 11.7. The third-order valence-corrected chi connectivity index (χ3v) is 6.71. The van der Waals surface area contributed by atoms with Crippen LogP contribution in [0.3, 0.4) is 0 Å². The van der Waals surface area contributed by atoms with Gasteiger partial charge in [0.05, 0.1) is 12.2 Å². The Morgan fingerprint density at radius 2 is 1.59 bits per heavy atom. The molecule has 2 amide bonds. The summed E-state index contributed by atoms with van der Waals surface area (Å²) in [6.07, 6.45) is 1.81. The van der Waals surface area contributed by atoms with Gasteiger partial charge < -0.3 is 15.1 Å². The maximum atomic E-state index is 13.2. The summed E-state index contributed by atoms with van der Waals surface area (Å²) in [4.78, 5) is 30.6. The number of para-hydroxylation sites is 1. The van der Waals surface area contributed by atoms with Gasteiger partial charge in [0.15, 0.2) is 0 Å². The van der Waals surface area contributed by atoms with Crippen LogP contribution in [0.2, 0.25) is 0 Å². The van der Waals surface area contributed by atoms with Crippen molar-refractivity contribution in [2.45, 2.75) is 20.4 Å². The summed E-state index contributed by atoms with van der Waals surface area (Å²) in [6.45, 7) is 8.75. The quantitative estimate of drug-likeness (QED) is 0.634. The highest BCUT2D eigenvalue weighted by Crippen LogP contribution is 2.33. The number of aryl methyl sites for hydroxylation is 2. The second-order valence-electron chi connectivity index (χ2n) is 9.17. The van der Waals surface area contributed by atoms with Crippen LogP contribution in [0.5, 0.6) is 0 Å². The molecule has 0 spiro atoms. The zero-order chi connectivity index (χ0) is 23.8. The number of anilines is 5. The van der Waals surface area contributed by atoms with E-state index in [-0.39, 0.29) is 6.03 Å². The van der Waals surface area contributed by atoms with Crippen molar-refractivity contribution < 1.29 is 4.79 Å². The molecule has 5 rings (SSSR count). The van der Waals surface area contributed by atoms with Gasteiger partial charge in [-0.1, -0.05) is 18.2 Å². The molecule has 0 saturated carbocycles. The molecule has 3 aromatic rings. The van der Waals surface area contributed by atoms with Crippen molar-refractivity contribution in [3.8, 4) is 0 Å². The Kier molecular flexibility index (Phi) is 5.83.